The summed E-state index contributed by atoms with van der Waals surface area (Å²) in [6, 6.07) is 11.8. The van der Waals surface area contributed by atoms with Crippen LogP contribution in [0.25, 0.3) is 0 Å². The molecule has 174 valence electrons. The summed E-state index contributed by atoms with van der Waals surface area (Å²) in [4.78, 5) is 16.2. The van der Waals surface area contributed by atoms with Crippen LogP contribution >= 0.6 is 15.9 Å². The summed E-state index contributed by atoms with van der Waals surface area (Å²) in [5, 5.41) is 15.5. The van der Waals surface area contributed by atoms with E-state index in [1.54, 1.807) is 9.70 Å². The summed E-state index contributed by atoms with van der Waals surface area (Å²) in [6.45, 7) is 6.25. The molecule has 0 bridgehead atoms. The molecule has 1 aliphatic heterocycles. The first-order chi connectivity index (χ1) is 16.1. The van der Waals surface area contributed by atoms with Gasteiger partial charge in [-0.2, -0.15) is 4.80 Å². The van der Waals surface area contributed by atoms with Crippen LogP contribution in [0.3, 0.4) is 0 Å². The molecule has 4 rings (SSSR count). The van der Waals surface area contributed by atoms with Crippen LogP contribution in [0.15, 0.2) is 40.9 Å². The molecule has 0 spiro atoms. The maximum absolute atomic E-state index is 12.8. The van der Waals surface area contributed by atoms with Crippen molar-refractivity contribution in [1.82, 2.24) is 20.2 Å². The topological polar surface area (TPSA) is 94.4 Å². The fourth-order valence-corrected chi connectivity index (χ4v) is 4.33. The summed E-state index contributed by atoms with van der Waals surface area (Å²) in [6.07, 6.45) is 1.80. The number of amides is 1. The molecule has 1 N–H and O–H groups in total. The molecule has 0 radical (unpaired) electrons. The van der Waals surface area contributed by atoms with E-state index in [2.05, 4.69) is 49.6 Å². The largest absolute Gasteiger partial charge is 0.490 e. The highest BCUT2D eigenvalue weighted by atomic mass is 79.9. The SMILES string of the molecule is CCCn1nnc(NCc2cc(Br)c(OCC(=O)N3CCc4ccccc43)c(OCC)c2)n1. The summed E-state index contributed by atoms with van der Waals surface area (Å²) < 4.78 is 12.5. The average molecular weight is 515 g/mol. The number of halogens is 1. The van der Waals surface area contributed by atoms with Crippen LogP contribution in [0.2, 0.25) is 0 Å². The number of benzene rings is 2. The van der Waals surface area contributed by atoms with E-state index in [0.29, 0.717) is 41.6 Å². The van der Waals surface area contributed by atoms with Crippen LogP contribution in [-0.4, -0.2) is 45.9 Å². The van der Waals surface area contributed by atoms with Gasteiger partial charge in [-0.1, -0.05) is 30.2 Å². The fraction of sp³-hybridized carbons (Fsp3) is 0.391. The van der Waals surface area contributed by atoms with Gasteiger partial charge in [0.2, 0.25) is 0 Å². The highest BCUT2D eigenvalue weighted by Crippen LogP contribution is 2.37. The minimum absolute atomic E-state index is 0.0743. The molecule has 0 unspecified atom stereocenters. The van der Waals surface area contributed by atoms with Crippen molar-refractivity contribution >= 4 is 33.5 Å². The number of fused-ring (bicyclic) bond motifs is 1. The van der Waals surface area contributed by atoms with Gasteiger partial charge in [0.25, 0.3) is 11.9 Å². The van der Waals surface area contributed by atoms with Gasteiger partial charge in [-0.25, -0.2) is 0 Å². The van der Waals surface area contributed by atoms with Crippen LogP contribution < -0.4 is 19.7 Å². The second kappa shape index (κ2) is 10.7. The molecule has 1 aromatic heterocycles. The first-order valence-electron chi connectivity index (χ1n) is 11.1. The minimum Gasteiger partial charge on any atom is -0.490 e. The molecule has 1 amide bonds. The van der Waals surface area contributed by atoms with Gasteiger partial charge in [-0.05, 0) is 70.2 Å². The van der Waals surface area contributed by atoms with Crippen LogP contribution in [0.4, 0.5) is 11.6 Å². The quantitative estimate of drug-likeness (QED) is 0.439. The number of carbonyl (C=O) groups is 1. The lowest BCUT2D eigenvalue weighted by Gasteiger charge is -2.19. The van der Waals surface area contributed by atoms with Gasteiger partial charge in [-0.3, -0.25) is 4.79 Å². The molecule has 10 heteroatoms. The Morgan fingerprint density at radius 1 is 1.21 bits per heavy atom. The number of nitrogens with zero attached hydrogens (tertiary/aromatic N) is 5. The number of tetrazole rings is 1. The van der Waals surface area contributed by atoms with Crippen molar-refractivity contribution < 1.29 is 14.3 Å². The molecule has 0 saturated carbocycles. The first-order valence-corrected chi connectivity index (χ1v) is 11.9. The number of hydrogen-bond acceptors (Lipinski definition) is 7. The Hall–Kier alpha value is -3.14. The lowest BCUT2D eigenvalue weighted by Crippen LogP contribution is -2.33. The van der Waals surface area contributed by atoms with E-state index in [9.17, 15) is 4.79 Å². The van der Waals surface area contributed by atoms with Crippen molar-refractivity contribution in [2.24, 2.45) is 0 Å². The second-order valence-electron chi connectivity index (χ2n) is 7.61. The van der Waals surface area contributed by atoms with Crippen molar-refractivity contribution in [2.45, 2.75) is 39.8 Å². The van der Waals surface area contributed by atoms with Gasteiger partial charge in [0.15, 0.2) is 18.1 Å². The van der Waals surface area contributed by atoms with Gasteiger partial charge < -0.3 is 19.7 Å². The molecule has 0 fully saturated rings. The van der Waals surface area contributed by atoms with Crippen molar-refractivity contribution in [3.05, 3.63) is 52.0 Å². The Bertz CT molecular complexity index is 1120. The number of carbonyl (C=O) groups excluding carboxylic acids is 1. The third kappa shape index (κ3) is 5.44. The van der Waals surface area contributed by atoms with E-state index < -0.39 is 0 Å². The molecule has 2 aromatic carbocycles. The molecule has 33 heavy (non-hydrogen) atoms. The molecule has 1 aliphatic rings. The summed E-state index contributed by atoms with van der Waals surface area (Å²) in [7, 11) is 0. The number of para-hydroxylation sites is 1. The van der Waals surface area contributed by atoms with E-state index in [-0.39, 0.29) is 12.5 Å². The minimum atomic E-state index is -0.0821. The van der Waals surface area contributed by atoms with Crippen LogP contribution in [0.1, 0.15) is 31.4 Å². The van der Waals surface area contributed by atoms with Crippen molar-refractivity contribution in [1.29, 1.82) is 0 Å². The number of anilines is 2. The van der Waals surface area contributed by atoms with Crippen LogP contribution in [0.5, 0.6) is 11.5 Å². The standard InChI is InChI=1S/C23H27BrN6O3/c1-3-10-30-27-23(26-28-30)25-14-16-12-18(24)22(20(13-16)32-4-2)33-15-21(31)29-11-9-17-7-5-6-8-19(17)29/h5-8,12-13H,3-4,9-11,14-15H2,1-2H3,(H,25,27). The second-order valence-corrected chi connectivity index (χ2v) is 8.47. The predicted molar refractivity (Wildman–Crippen MR) is 129 cm³/mol. The van der Waals surface area contributed by atoms with Gasteiger partial charge in [0.05, 0.1) is 17.6 Å². The maximum atomic E-state index is 12.8. The number of hydrogen-bond donors (Lipinski definition) is 1. The van der Waals surface area contributed by atoms with Crippen molar-refractivity contribution in [3.63, 3.8) is 0 Å². The fourth-order valence-electron chi connectivity index (χ4n) is 3.73. The van der Waals surface area contributed by atoms with E-state index in [1.807, 2.05) is 37.3 Å². The lowest BCUT2D eigenvalue weighted by atomic mass is 10.2. The molecule has 2 heterocycles. The van der Waals surface area contributed by atoms with Gasteiger partial charge in [0.1, 0.15) is 0 Å². The summed E-state index contributed by atoms with van der Waals surface area (Å²) in [5.74, 6) is 1.46. The number of rotatable bonds is 10. The normalized spacial score (nSPS) is 12.5. The Labute approximate surface area is 201 Å². The number of nitrogens with one attached hydrogen (secondary N) is 1. The van der Waals surface area contributed by atoms with Gasteiger partial charge in [0, 0.05) is 18.8 Å². The summed E-state index contributed by atoms with van der Waals surface area (Å²) >= 11 is 3.57. The Balaban J connectivity index is 1.42. The molecular formula is C23H27BrN6O3. The molecular weight excluding hydrogens is 488 g/mol. The lowest BCUT2D eigenvalue weighted by molar-refractivity contribution is -0.120. The Morgan fingerprint density at radius 3 is 2.88 bits per heavy atom. The molecule has 0 saturated heterocycles. The third-order valence-corrected chi connectivity index (χ3v) is 5.81. The van der Waals surface area contributed by atoms with Crippen LogP contribution in [0, 0.1) is 0 Å². The number of ether oxygens (including phenoxy) is 2. The van der Waals surface area contributed by atoms with Crippen molar-refractivity contribution in [2.75, 3.05) is 30.0 Å². The van der Waals surface area contributed by atoms with E-state index >= 15 is 0 Å². The predicted octanol–water partition coefficient (Wildman–Crippen LogP) is 3.82. The molecule has 3 aromatic rings. The molecule has 0 aliphatic carbocycles. The zero-order chi connectivity index (χ0) is 23.2. The maximum Gasteiger partial charge on any atom is 0.264 e. The molecule has 9 nitrogen and oxygen atoms in total. The average Bonchev–Trinajstić information content (AvgIpc) is 3.44. The van der Waals surface area contributed by atoms with Crippen molar-refractivity contribution in [3.8, 4) is 11.5 Å². The molecule has 0 atom stereocenters. The van der Waals surface area contributed by atoms with E-state index in [4.69, 9.17) is 9.47 Å². The van der Waals surface area contributed by atoms with Gasteiger partial charge >= 0.3 is 0 Å². The smallest absolute Gasteiger partial charge is 0.264 e. The highest BCUT2D eigenvalue weighted by molar-refractivity contribution is 9.10. The number of aryl methyl sites for hydroxylation is 1. The Kier molecular flexibility index (Phi) is 7.43. The zero-order valence-electron chi connectivity index (χ0n) is 18.8. The van der Waals surface area contributed by atoms with E-state index in [0.717, 1.165) is 30.6 Å². The Morgan fingerprint density at radius 2 is 2.06 bits per heavy atom. The van der Waals surface area contributed by atoms with Crippen LogP contribution in [-0.2, 0) is 24.3 Å². The van der Waals surface area contributed by atoms with E-state index in [1.165, 1.54) is 5.56 Å². The number of aromatic nitrogens is 4. The monoisotopic (exact) mass is 514 g/mol. The zero-order valence-corrected chi connectivity index (χ0v) is 20.3. The third-order valence-electron chi connectivity index (χ3n) is 5.22. The summed E-state index contributed by atoms with van der Waals surface area (Å²) in [5.41, 5.74) is 3.09. The highest BCUT2D eigenvalue weighted by Gasteiger charge is 2.25. The van der Waals surface area contributed by atoms with Gasteiger partial charge in [-0.15, -0.1) is 5.10 Å². The first kappa shape index (κ1) is 23.0.